The molecule has 1 rings (SSSR count). The molecule has 1 heterocycles. The highest BCUT2D eigenvalue weighted by Gasteiger charge is 2.32. The summed E-state index contributed by atoms with van der Waals surface area (Å²) in [6.45, 7) is 0.615. The fourth-order valence-corrected chi connectivity index (χ4v) is 1.68. The lowest BCUT2D eigenvalue weighted by Crippen LogP contribution is -2.33. The molecule has 0 aliphatic carbocycles. The number of alkyl halides is 3. The second-order valence-electron chi connectivity index (χ2n) is 4.10. The first-order valence-electron chi connectivity index (χ1n) is 5.84. The molecule has 21 heavy (non-hydrogen) atoms. The van der Waals surface area contributed by atoms with Gasteiger partial charge in [-0.3, -0.25) is 10.2 Å². The number of carbonyl (C=O) groups excluding carboxylic acids is 1. The van der Waals surface area contributed by atoms with Gasteiger partial charge in [0.25, 0.3) is 5.91 Å². The Morgan fingerprint density at radius 2 is 2.19 bits per heavy atom. The normalized spacial score (nSPS) is 11.3. The number of hydrogen-bond acceptors (Lipinski definition) is 5. The highest BCUT2D eigenvalue weighted by atomic mass is 31.0. The number of rotatable bonds is 6. The van der Waals surface area contributed by atoms with Gasteiger partial charge < -0.3 is 9.64 Å². The zero-order valence-electron chi connectivity index (χ0n) is 11.5. The van der Waals surface area contributed by atoms with E-state index in [9.17, 15) is 18.0 Å². The number of nitrogens with one attached hydrogen (secondary N) is 2. The number of anilines is 1. The third-order valence-corrected chi connectivity index (χ3v) is 2.78. The summed E-state index contributed by atoms with van der Waals surface area (Å²) in [5.74, 6) is -0.641. The van der Waals surface area contributed by atoms with Gasteiger partial charge in [-0.25, -0.2) is 10.2 Å². The molecule has 0 saturated heterocycles. The summed E-state index contributed by atoms with van der Waals surface area (Å²) in [5.41, 5.74) is 1.28. The predicted octanol–water partition coefficient (Wildman–Crippen LogP) is 1.21. The fourth-order valence-electron chi connectivity index (χ4n) is 1.55. The Labute approximate surface area is 122 Å². The number of methoxy groups -OCH3 is 1. The van der Waals surface area contributed by atoms with Crippen molar-refractivity contribution in [3.63, 3.8) is 0 Å². The Morgan fingerprint density at radius 1 is 1.52 bits per heavy atom. The first kappa shape index (κ1) is 17.6. The van der Waals surface area contributed by atoms with Crippen LogP contribution in [0.25, 0.3) is 0 Å². The van der Waals surface area contributed by atoms with Crippen LogP contribution in [0.3, 0.4) is 0 Å². The molecular weight excluding hydrogens is 308 g/mol. The van der Waals surface area contributed by atoms with Crippen LogP contribution in [-0.2, 0) is 10.9 Å². The minimum Gasteiger partial charge on any atom is -0.383 e. The van der Waals surface area contributed by atoms with Crippen molar-refractivity contribution in [2.75, 3.05) is 32.2 Å². The van der Waals surface area contributed by atoms with Crippen LogP contribution < -0.4 is 15.5 Å². The van der Waals surface area contributed by atoms with Crippen molar-refractivity contribution in [1.29, 1.82) is 0 Å². The summed E-state index contributed by atoms with van der Waals surface area (Å²) in [6.07, 6.45) is -3.90. The molecule has 0 saturated carbocycles. The Morgan fingerprint density at radius 3 is 2.71 bits per heavy atom. The van der Waals surface area contributed by atoms with Crippen LogP contribution in [0.2, 0.25) is 0 Å². The molecule has 1 aromatic rings. The number of ether oxygens (including phenoxy) is 1. The van der Waals surface area contributed by atoms with E-state index in [4.69, 9.17) is 4.74 Å². The number of likely N-dealkylation sites (N-methyl/N-ethyl adjacent to an activating group) is 1. The molecule has 1 unspecified atom stereocenters. The van der Waals surface area contributed by atoms with Crippen LogP contribution in [0, 0.1) is 0 Å². The van der Waals surface area contributed by atoms with E-state index in [1.807, 2.05) is 9.39 Å². The van der Waals surface area contributed by atoms with Crippen molar-refractivity contribution in [2.24, 2.45) is 0 Å². The third kappa shape index (κ3) is 4.80. The highest BCUT2D eigenvalue weighted by molar-refractivity contribution is 7.13. The maximum Gasteiger partial charge on any atom is 0.417 e. The van der Waals surface area contributed by atoms with Gasteiger partial charge in [0.05, 0.1) is 17.9 Å². The highest BCUT2D eigenvalue weighted by Crippen LogP contribution is 2.32. The van der Waals surface area contributed by atoms with Crippen LogP contribution in [0.5, 0.6) is 0 Å². The topological polar surface area (TPSA) is 66.5 Å². The first-order chi connectivity index (χ1) is 9.81. The molecule has 10 heteroatoms. The van der Waals surface area contributed by atoms with Crippen molar-refractivity contribution >= 4 is 21.0 Å². The quantitative estimate of drug-likeness (QED) is 0.608. The second kappa shape index (κ2) is 7.53. The Bertz CT molecular complexity index is 499. The summed E-state index contributed by atoms with van der Waals surface area (Å²) < 4.78 is 43.2. The molecule has 1 aromatic heterocycles. The smallest absolute Gasteiger partial charge is 0.383 e. The number of pyridine rings is 1. The fraction of sp³-hybridized carbons (Fsp3) is 0.455. The van der Waals surface area contributed by atoms with Gasteiger partial charge in [-0.2, -0.15) is 13.2 Å². The van der Waals surface area contributed by atoms with Crippen LogP contribution in [0.1, 0.15) is 16.1 Å². The van der Waals surface area contributed by atoms with Gasteiger partial charge in [-0.05, 0) is 15.5 Å². The predicted molar refractivity (Wildman–Crippen MR) is 74.7 cm³/mol. The number of hydrogen-bond donors (Lipinski definition) is 2. The maximum atomic E-state index is 12.8. The minimum atomic E-state index is -4.53. The van der Waals surface area contributed by atoms with E-state index in [-0.39, 0.29) is 11.4 Å². The summed E-state index contributed by atoms with van der Waals surface area (Å²) >= 11 is 0. The van der Waals surface area contributed by atoms with Crippen molar-refractivity contribution in [1.82, 2.24) is 15.6 Å². The number of hydrazine groups is 1. The standard InChI is InChI=1S/C11H16F3N4O2P/c1-18(3-4-20-2)8-5-7(11(12,13)14)6-15-9(8)10(19)16-17-21/h5-6,17H,3-4,21H2,1-2H3,(H,16,19). The molecule has 1 amide bonds. The van der Waals surface area contributed by atoms with Gasteiger partial charge in [-0.15, -0.1) is 0 Å². The summed E-state index contributed by atoms with van der Waals surface area (Å²) in [7, 11) is 5.08. The monoisotopic (exact) mass is 324 g/mol. The van der Waals surface area contributed by atoms with Crippen LogP contribution >= 0.6 is 9.39 Å². The molecule has 2 N–H and O–H groups in total. The first-order valence-corrected chi connectivity index (χ1v) is 6.42. The average Bonchev–Trinajstić information content (AvgIpc) is 2.43. The van der Waals surface area contributed by atoms with E-state index in [1.54, 1.807) is 7.05 Å². The van der Waals surface area contributed by atoms with Gasteiger partial charge in [0.15, 0.2) is 5.69 Å². The third-order valence-electron chi connectivity index (χ3n) is 2.64. The van der Waals surface area contributed by atoms with Gasteiger partial charge >= 0.3 is 6.18 Å². The van der Waals surface area contributed by atoms with Crippen molar-refractivity contribution in [3.8, 4) is 0 Å². The van der Waals surface area contributed by atoms with E-state index in [1.165, 1.54) is 12.0 Å². The number of aromatic nitrogens is 1. The van der Waals surface area contributed by atoms with E-state index in [2.05, 4.69) is 15.6 Å². The molecule has 0 radical (unpaired) electrons. The van der Waals surface area contributed by atoms with Gasteiger partial charge in [0.2, 0.25) is 0 Å². The molecule has 0 aliphatic heterocycles. The zero-order valence-corrected chi connectivity index (χ0v) is 12.6. The molecule has 0 aliphatic rings. The molecule has 0 spiro atoms. The molecule has 0 fully saturated rings. The van der Waals surface area contributed by atoms with Crippen molar-refractivity contribution in [3.05, 3.63) is 23.5 Å². The van der Waals surface area contributed by atoms with Crippen LogP contribution in [0.4, 0.5) is 18.9 Å². The summed E-state index contributed by atoms with van der Waals surface area (Å²) in [6, 6.07) is 0.889. The Hall–Kier alpha value is -1.44. The number of carbonyl (C=O) groups is 1. The molecule has 118 valence electrons. The summed E-state index contributed by atoms with van der Waals surface area (Å²) in [4.78, 5) is 16.9. The van der Waals surface area contributed by atoms with Crippen LogP contribution in [-0.4, -0.2) is 38.2 Å². The number of halogens is 3. The summed E-state index contributed by atoms with van der Waals surface area (Å²) in [5, 5.41) is 2.33. The number of nitrogens with zero attached hydrogens (tertiary/aromatic N) is 2. The molecule has 1 atom stereocenters. The number of amides is 1. The van der Waals surface area contributed by atoms with E-state index in [0.29, 0.717) is 19.3 Å². The lowest BCUT2D eigenvalue weighted by Gasteiger charge is -2.22. The lowest BCUT2D eigenvalue weighted by atomic mass is 10.2. The lowest BCUT2D eigenvalue weighted by molar-refractivity contribution is -0.137. The van der Waals surface area contributed by atoms with Gasteiger partial charge in [0, 0.05) is 26.9 Å². The van der Waals surface area contributed by atoms with Crippen LogP contribution in [0.15, 0.2) is 12.3 Å². The van der Waals surface area contributed by atoms with Gasteiger partial charge in [0.1, 0.15) is 0 Å². The Kier molecular flexibility index (Phi) is 6.32. The van der Waals surface area contributed by atoms with E-state index < -0.39 is 17.6 Å². The molecular formula is C11H16F3N4O2P. The zero-order chi connectivity index (χ0) is 16.0. The largest absolute Gasteiger partial charge is 0.417 e. The van der Waals surface area contributed by atoms with Gasteiger partial charge in [-0.1, -0.05) is 0 Å². The van der Waals surface area contributed by atoms with E-state index in [0.717, 1.165) is 6.07 Å². The Balaban J connectivity index is 3.21. The average molecular weight is 324 g/mol. The molecule has 0 bridgehead atoms. The molecule has 0 aromatic carbocycles. The maximum absolute atomic E-state index is 12.8. The second-order valence-corrected chi connectivity index (χ2v) is 4.39. The van der Waals surface area contributed by atoms with E-state index >= 15 is 0 Å². The molecule has 6 nitrogen and oxygen atoms in total. The van der Waals surface area contributed by atoms with Crippen molar-refractivity contribution in [2.45, 2.75) is 6.18 Å². The van der Waals surface area contributed by atoms with Crippen molar-refractivity contribution < 1.29 is 22.7 Å². The SMILES string of the molecule is COCCN(C)c1cc(C(F)(F)F)cnc1C(=O)NNP. The minimum absolute atomic E-state index is 0.0691.